The Morgan fingerprint density at radius 3 is 2.50 bits per heavy atom. The number of esters is 1. The second-order valence-corrected chi connectivity index (χ2v) is 6.69. The van der Waals surface area contributed by atoms with Gasteiger partial charge in [0.15, 0.2) is 6.10 Å². The summed E-state index contributed by atoms with van der Waals surface area (Å²) in [4.78, 5) is 26.1. The molecule has 0 aliphatic carbocycles. The third kappa shape index (κ3) is 3.95. The topological polar surface area (TPSA) is 55.4 Å². The average Bonchev–Trinajstić information content (AvgIpc) is 2.77. The number of aryl methyl sites for hydroxylation is 3. The fourth-order valence-corrected chi connectivity index (χ4v) is 2.99. The number of hydrogen-bond donors (Lipinski definition) is 1. The van der Waals surface area contributed by atoms with Crippen molar-refractivity contribution >= 4 is 28.9 Å². The van der Waals surface area contributed by atoms with Crippen molar-refractivity contribution in [1.29, 1.82) is 0 Å². The molecule has 5 heteroatoms. The number of anilines is 1. The molecule has 1 aromatic carbocycles. The zero-order valence-electron chi connectivity index (χ0n) is 13.1. The maximum absolute atomic E-state index is 12.1. The number of thiophene rings is 1. The molecule has 116 valence electrons. The summed E-state index contributed by atoms with van der Waals surface area (Å²) in [6.45, 7) is 7.31. The minimum absolute atomic E-state index is 0.344. The number of hydrogen-bond acceptors (Lipinski definition) is 4. The van der Waals surface area contributed by atoms with E-state index in [-0.39, 0.29) is 5.91 Å². The summed E-state index contributed by atoms with van der Waals surface area (Å²) in [6.07, 6.45) is -0.854. The molecule has 0 bridgehead atoms. The summed E-state index contributed by atoms with van der Waals surface area (Å²) >= 11 is 1.54. The van der Waals surface area contributed by atoms with E-state index in [9.17, 15) is 9.59 Å². The summed E-state index contributed by atoms with van der Waals surface area (Å²) < 4.78 is 5.25. The first-order chi connectivity index (χ1) is 10.4. The second kappa shape index (κ2) is 6.75. The van der Waals surface area contributed by atoms with Gasteiger partial charge in [-0.25, -0.2) is 4.79 Å². The standard InChI is InChI=1S/C17H19NO3S/c1-10-6-5-7-14(8-10)18-16(19)12(3)21-17(20)15-9-11(2)22-13(15)4/h5-9,12H,1-4H3,(H,18,19)/t12-/m1/s1. The number of amides is 1. The molecule has 0 aliphatic heterocycles. The third-order valence-corrected chi connectivity index (χ3v) is 4.17. The molecule has 1 heterocycles. The first kappa shape index (κ1) is 16.2. The number of benzene rings is 1. The van der Waals surface area contributed by atoms with Crippen molar-refractivity contribution in [2.75, 3.05) is 5.32 Å². The zero-order chi connectivity index (χ0) is 16.3. The van der Waals surface area contributed by atoms with Gasteiger partial charge >= 0.3 is 5.97 Å². The van der Waals surface area contributed by atoms with Crippen molar-refractivity contribution in [3.05, 3.63) is 51.2 Å². The van der Waals surface area contributed by atoms with Crippen LogP contribution in [-0.2, 0) is 9.53 Å². The molecule has 0 radical (unpaired) electrons. The molecular formula is C17H19NO3S. The fourth-order valence-electron chi connectivity index (χ4n) is 2.08. The van der Waals surface area contributed by atoms with E-state index in [0.717, 1.165) is 15.3 Å². The molecule has 0 aliphatic rings. The number of nitrogens with one attached hydrogen (secondary N) is 1. The summed E-state index contributed by atoms with van der Waals surface area (Å²) in [5, 5.41) is 2.75. The van der Waals surface area contributed by atoms with E-state index in [0.29, 0.717) is 11.3 Å². The van der Waals surface area contributed by atoms with Gasteiger partial charge in [0.05, 0.1) is 5.56 Å². The summed E-state index contributed by atoms with van der Waals surface area (Å²) in [6, 6.07) is 9.25. The van der Waals surface area contributed by atoms with Crippen LogP contribution in [0.4, 0.5) is 5.69 Å². The molecule has 1 amide bonds. The van der Waals surface area contributed by atoms with Crippen molar-refractivity contribution < 1.29 is 14.3 Å². The monoisotopic (exact) mass is 317 g/mol. The molecule has 4 nitrogen and oxygen atoms in total. The predicted molar refractivity (Wildman–Crippen MR) is 88.5 cm³/mol. The molecule has 0 saturated carbocycles. The second-order valence-electron chi connectivity index (χ2n) is 5.23. The van der Waals surface area contributed by atoms with Crippen LogP contribution in [0, 0.1) is 20.8 Å². The number of carbonyl (C=O) groups is 2. The Balaban J connectivity index is 1.99. The molecule has 22 heavy (non-hydrogen) atoms. The quantitative estimate of drug-likeness (QED) is 0.871. The molecule has 0 unspecified atom stereocenters. The van der Waals surface area contributed by atoms with Crippen molar-refractivity contribution in [3.63, 3.8) is 0 Å². The van der Waals surface area contributed by atoms with Crippen molar-refractivity contribution in [2.24, 2.45) is 0 Å². The van der Waals surface area contributed by atoms with Gasteiger partial charge in [0.25, 0.3) is 5.91 Å². The van der Waals surface area contributed by atoms with Gasteiger partial charge in [-0.1, -0.05) is 12.1 Å². The molecule has 0 saturated heterocycles. The van der Waals surface area contributed by atoms with Crippen LogP contribution < -0.4 is 5.32 Å². The molecule has 1 atom stereocenters. The highest BCUT2D eigenvalue weighted by Crippen LogP contribution is 2.22. The first-order valence-electron chi connectivity index (χ1n) is 7.02. The first-order valence-corrected chi connectivity index (χ1v) is 7.84. The van der Waals surface area contributed by atoms with Gasteiger partial charge in [0.2, 0.25) is 0 Å². The lowest BCUT2D eigenvalue weighted by molar-refractivity contribution is -0.123. The van der Waals surface area contributed by atoms with Crippen LogP contribution in [0.1, 0.15) is 32.6 Å². The van der Waals surface area contributed by atoms with Crippen molar-refractivity contribution in [1.82, 2.24) is 0 Å². The van der Waals surface area contributed by atoms with Gasteiger partial charge in [-0.15, -0.1) is 11.3 Å². The van der Waals surface area contributed by atoms with Crippen LogP contribution in [0.25, 0.3) is 0 Å². The summed E-state index contributed by atoms with van der Waals surface area (Å²) in [7, 11) is 0. The number of carbonyl (C=O) groups excluding carboxylic acids is 2. The van der Waals surface area contributed by atoms with Gasteiger partial charge < -0.3 is 10.1 Å². The minimum Gasteiger partial charge on any atom is -0.449 e. The molecule has 2 aromatic rings. The van der Waals surface area contributed by atoms with Crippen LogP contribution in [0.2, 0.25) is 0 Å². The lowest BCUT2D eigenvalue weighted by Gasteiger charge is -2.13. The lowest BCUT2D eigenvalue weighted by atomic mass is 10.2. The Morgan fingerprint density at radius 1 is 1.18 bits per heavy atom. The van der Waals surface area contributed by atoms with Crippen LogP contribution >= 0.6 is 11.3 Å². The lowest BCUT2D eigenvalue weighted by Crippen LogP contribution is -2.30. The maximum atomic E-state index is 12.1. The van der Waals surface area contributed by atoms with Crippen molar-refractivity contribution in [2.45, 2.75) is 33.8 Å². The smallest absolute Gasteiger partial charge is 0.340 e. The summed E-state index contributed by atoms with van der Waals surface area (Å²) in [5.74, 6) is -0.808. The van der Waals surface area contributed by atoms with E-state index in [2.05, 4.69) is 5.32 Å². The van der Waals surface area contributed by atoms with Crippen LogP contribution in [0.5, 0.6) is 0 Å². The van der Waals surface area contributed by atoms with Gasteiger partial charge in [0.1, 0.15) is 0 Å². The van der Waals surface area contributed by atoms with Crippen LogP contribution in [-0.4, -0.2) is 18.0 Å². The van der Waals surface area contributed by atoms with E-state index in [1.807, 2.05) is 39.0 Å². The fraction of sp³-hybridized carbons (Fsp3) is 0.294. The van der Waals surface area contributed by atoms with E-state index in [1.54, 1.807) is 19.1 Å². The molecular weight excluding hydrogens is 298 g/mol. The summed E-state index contributed by atoms with van der Waals surface area (Å²) in [5.41, 5.74) is 2.26. The Hall–Kier alpha value is -2.14. The van der Waals surface area contributed by atoms with E-state index in [4.69, 9.17) is 4.74 Å². The minimum atomic E-state index is -0.854. The van der Waals surface area contributed by atoms with E-state index in [1.165, 1.54) is 11.3 Å². The molecule has 1 N–H and O–H groups in total. The van der Waals surface area contributed by atoms with Crippen LogP contribution in [0.3, 0.4) is 0 Å². The predicted octanol–water partition coefficient (Wildman–Crippen LogP) is 3.86. The van der Waals surface area contributed by atoms with Gasteiger partial charge in [-0.3, -0.25) is 4.79 Å². The average molecular weight is 317 g/mol. The number of ether oxygens (including phenoxy) is 1. The zero-order valence-corrected chi connectivity index (χ0v) is 13.9. The van der Waals surface area contributed by atoms with E-state index < -0.39 is 12.1 Å². The highest BCUT2D eigenvalue weighted by Gasteiger charge is 2.21. The largest absolute Gasteiger partial charge is 0.449 e. The SMILES string of the molecule is Cc1cccc(NC(=O)[C@@H](C)OC(=O)c2cc(C)sc2C)c1. The molecule has 0 spiro atoms. The maximum Gasteiger partial charge on any atom is 0.340 e. The Morgan fingerprint density at radius 2 is 1.91 bits per heavy atom. The third-order valence-electron chi connectivity index (χ3n) is 3.20. The molecule has 2 rings (SSSR count). The Bertz CT molecular complexity index is 706. The highest BCUT2D eigenvalue weighted by molar-refractivity contribution is 7.12. The normalized spacial score (nSPS) is 11.8. The molecule has 1 aromatic heterocycles. The molecule has 0 fully saturated rings. The Labute approximate surface area is 134 Å². The number of rotatable bonds is 4. The van der Waals surface area contributed by atoms with Gasteiger partial charge in [-0.2, -0.15) is 0 Å². The van der Waals surface area contributed by atoms with Gasteiger partial charge in [-0.05, 0) is 51.5 Å². The van der Waals surface area contributed by atoms with Crippen molar-refractivity contribution in [3.8, 4) is 0 Å². The Kier molecular flexibility index (Phi) is 4.98. The highest BCUT2D eigenvalue weighted by atomic mass is 32.1. The van der Waals surface area contributed by atoms with E-state index >= 15 is 0 Å². The van der Waals surface area contributed by atoms with Gasteiger partial charge in [0, 0.05) is 15.4 Å². The van der Waals surface area contributed by atoms with Crippen LogP contribution in [0.15, 0.2) is 30.3 Å².